The van der Waals surface area contributed by atoms with Crippen molar-refractivity contribution in [2.24, 2.45) is 0 Å². The minimum atomic E-state index is -0.534. The minimum absolute atomic E-state index is 0.139. The van der Waals surface area contributed by atoms with E-state index in [1.807, 2.05) is 19.1 Å². The van der Waals surface area contributed by atoms with Gasteiger partial charge in [-0.25, -0.2) is 28.5 Å². The molecule has 0 fully saturated rings. The van der Waals surface area contributed by atoms with Crippen LogP contribution < -0.4 is 9.47 Å². The molecule has 1 unspecified atom stereocenters. The van der Waals surface area contributed by atoms with E-state index in [1.165, 1.54) is 25.6 Å². The van der Waals surface area contributed by atoms with E-state index in [9.17, 15) is 9.65 Å². The SMILES string of the molecule is COc1cc(F)cc(-c2cnc3ccc(-c4cccc(OC(C)Cn5cncn5)n4)nn23)c1C#N. The van der Waals surface area contributed by atoms with Gasteiger partial charge in [0.2, 0.25) is 5.88 Å². The Morgan fingerprint density at radius 3 is 2.83 bits per heavy atom. The number of imidazole rings is 1. The molecule has 0 N–H and O–H groups in total. The summed E-state index contributed by atoms with van der Waals surface area (Å²) in [6.07, 6.45) is 4.44. The number of fused-ring (bicyclic) bond motifs is 1. The third-order valence-corrected chi connectivity index (χ3v) is 5.26. The van der Waals surface area contributed by atoms with E-state index in [-0.39, 0.29) is 17.4 Å². The highest BCUT2D eigenvalue weighted by Gasteiger charge is 2.18. The van der Waals surface area contributed by atoms with Gasteiger partial charge >= 0.3 is 0 Å². The van der Waals surface area contributed by atoms with Gasteiger partial charge in [-0.1, -0.05) is 6.07 Å². The summed E-state index contributed by atoms with van der Waals surface area (Å²) in [4.78, 5) is 12.9. The van der Waals surface area contributed by atoms with Gasteiger partial charge in [0.1, 0.15) is 47.7 Å². The fourth-order valence-electron chi connectivity index (χ4n) is 3.71. The Balaban J connectivity index is 1.50. The summed E-state index contributed by atoms with van der Waals surface area (Å²) in [6, 6.07) is 13.5. The first-order valence-electron chi connectivity index (χ1n) is 10.6. The second kappa shape index (κ2) is 9.18. The molecular weight excluding hydrogens is 451 g/mol. The topological polar surface area (TPSA) is 116 Å². The van der Waals surface area contributed by atoms with Gasteiger partial charge in [-0.2, -0.15) is 15.5 Å². The number of pyridine rings is 1. The van der Waals surface area contributed by atoms with Crippen molar-refractivity contribution in [1.29, 1.82) is 5.26 Å². The molecule has 0 aliphatic carbocycles. The molecule has 0 aliphatic heterocycles. The third kappa shape index (κ3) is 4.37. The number of benzene rings is 1. The molecule has 0 bridgehead atoms. The van der Waals surface area contributed by atoms with Gasteiger partial charge in [0.05, 0.1) is 31.2 Å². The highest BCUT2D eigenvalue weighted by Crippen LogP contribution is 2.32. The Morgan fingerprint density at radius 1 is 1.17 bits per heavy atom. The van der Waals surface area contributed by atoms with Crippen molar-refractivity contribution in [2.45, 2.75) is 19.6 Å². The standard InChI is InChI=1S/C24H19FN8O2/c1-15(12-32-14-27-13-29-32)35-24-5-3-4-19(30-24)20-6-7-23-28-11-21(33(23)31-20)17-8-16(25)9-22(34-2)18(17)10-26/h3-9,11,13-15H,12H2,1-2H3. The maximum absolute atomic E-state index is 14.3. The zero-order chi connectivity index (χ0) is 24.4. The van der Waals surface area contributed by atoms with Crippen LogP contribution in [0.1, 0.15) is 12.5 Å². The molecule has 35 heavy (non-hydrogen) atoms. The molecule has 0 radical (unpaired) electrons. The number of aromatic nitrogens is 7. The first kappa shape index (κ1) is 22.0. The second-order valence-electron chi connectivity index (χ2n) is 7.68. The molecule has 0 saturated carbocycles. The quantitative estimate of drug-likeness (QED) is 0.355. The smallest absolute Gasteiger partial charge is 0.214 e. The molecular formula is C24H19FN8O2. The summed E-state index contributed by atoms with van der Waals surface area (Å²) in [5.41, 5.74) is 2.63. The van der Waals surface area contributed by atoms with Crippen LogP contribution in [0.15, 0.2) is 61.3 Å². The predicted octanol–water partition coefficient (Wildman–Crippen LogP) is 3.54. The van der Waals surface area contributed by atoms with Crippen molar-refractivity contribution in [2.75, 3.05) is 7.11 Å². The van der Waals surface area contributed by atoms with Gasteiger partial charge in [0, 0.05) is 17.7 Å². The van der Waals surface area contributed by atoms with Crippen LogP contribution in [0.5, 0.6) is 11.6 Å². The molecule has 174 valence electrons. The minimum Gasteiger partial charge on any atom is -0.495 e. The number of hydrogen-bond acceptors (Lipinski definition) is 8. The van der Waals surface area contributed by atoms with E-state index in [0.717, 1.165) is 0 Å². The average Bonchev–Trinajstić information content (AvgIpc) is 3.53. The lowest BCUT2D eigenvalue weighted by molar-refractivity contribution is 0.186. The predicted molar refractivity (Wildman–Crippen MR) is 123 cm³/mol. The lowest BCUT2D eigenvalue weighted by atomic mass is 10.0. The molecule has 10 nitrogen and oxygen atoms in total. The Kier molecular flexibility index (Phi) is 5.76. The number of ether oxygens (including phenoxy) is 2. The van der Waals surface area contributed by atoms with Crippen molar-refractivity contribution in [3.8, 4) is 40.3 Å². The summed E-state index contributed by atoms with van der Waals surface area (Å²) in [6.45, 7) is 2.44. The summed E-state index contributed by atoms with van der Waals surface area (Å²) < 4.78 is 28.6. The van der Waals surface area contributed by atoms with Crippen molar-refractivity contribution >= 4 is 5.65 Å². The Hall–Kier alpha value is -4.85. The van der Waals surface area contributed by atoms with Gasteiger partial charge in [-0.05, 0) is 31.2 Å². The molecule has 0 spiro atoms. The van der Waals surface area contributed by atoms with E-state index >= 15 is 0 Å². The summed E-state index contributed by atoms with van der Waals surface area (Å²) in [7, 11) is 1.39. The average molecular weight is 470 g/mol. The van der Waals surface area contributed by atoms with Gasteiger partial charge in [-0.15, -0.1) is 0 Å². The first-order valence-corrected chi connectivity index (χ1v) is 10.6. The van der Waals surface area contributed by atoms with E-state index in [0.29, 0.717) is 40.7 Å². The molecule has 4 aromatic heterocycles. The van der Waals surface area contributed by atoms with Crippen LogP contribution in [0.2, 0.25) is 0 Å². The van der Waals surface area contributed by atoms with E-state index in [4.69, 9.17) is 9.47 Å². The molecule has 0 amide bonds. The molecule has 5 rings (SSSR count). The monoisotopic (exact) mass is 470 g/mol. The number of nitriles is 1. The highest BCUT2D eigenvalue weighted by atomic mass is 19.1. The van der Waals surface area contributed by atoms with Crippen LogP contribution in [0.3, 0.4) is 0 Å². The summed E-state index contributed by atoms with van der Waals surface area (Å²) >= 11 is 0. The molecule has 1 aromatic carbocycles. The molecule has 4 heterocycles. The largest absolute Gasteiger partial charge is 0.495 e. The highest BCUT2D eigenvalue weighted by molar-refractivity contribution is 5.73. The molecule has 11 heteroatoms. The van der Waals surface area contributed by atoms with Crippen LogP contribution >= 0.6 is 0 Å². The summed E-state index contributed by atoms with van der Waals surface area (Å²) in [5.74, 6) is 0.0399. The van der Waals surface area contributed by atoms with Crippen molar-refractivity contribution in [3.63, 3.8) is 0 Å². The number of nitrogens with zero attached hydrogens (tertiary/aromatic N) is 8. The second-order valence-corrected chi connectivity index (χ2v) is 7.68. The van der Waals surface area contributed by atoms with Crippen molar-refractivity contribution in [3.05, 3.63) is 72.7 Å². The fourth-order valence-corrected chi connectivity index (χ4v) is 3.71. The molecule has 5 aromatic rings. The number of rotatable bonds is 7. The van der Waals surface area contributed by atoms with E-state index in [1.54, 1.807) is 39.9 Å². The van der Waals surface area contributed by atoms with Gasteiger partial charge in [0.15, 0.2) is 5.65 Å². The van der Waals surface area contributed by atoms with Crippen LogP contribution in [0.4, 0.5) is 4.39 Å². The van der Waals surface area contributed by atoms with Gasteiger partial charge < -0.3 is 9.47 Å². The molecule has 1 atom stereocenters. The first-order chi connectivity index (χ1) is 17.1. The fraction of sp³-hybridized carbons (Fsp3) is 0.167. The number of methoxy groups -OCH3 is 1. The zero-order valence-electron chi connectivity index (χ0n) is 18.8. The summed E-state index contributed by atoms with van der Waals surface area (Å²) in [5, 5.41) is 18.4. The third-order valence-electron chi connectivity index (χ3n) is 5.26. The lowest BCUT2D eigenvalue weighted by Crippen LogP contribution is -2.20. The Labute approximate surface area is 199 Å². The van der Waals surface area contributed by atoms with Crippen LogP contribution in [0.25, 0.3) is 28.3 Å². The maximum Gasteiger partial charge on any atom is 0.214 e. The zero-order valence-corrected chi connectivity index (χ0v) is 18.8. The Bertz CT molecular complexity index is 1540. The van der Waals surface area contributed by atoms with Crippen molar-refractivity contribution < 1.29 is 13.9 Å². The molecule has 0 saturated heterocycles. The Morgan fingerprint density at radius 2 is 2.06 bits per heavy atom. The lowest BCUT2D eigenvalue weighted by Gasteiger charge is -2.14. The van der Waals surface area contributed by atoms with Crippen molar-refractivity contribution in [1.82, 2.24) is 34.3 Å². The van der Waals surface area contributed by atoms with Crippen LogP contribution in [0, 0.1) is 17.1 Å². The van der Waals surface area contributed by atoms with Gasteiger partial charge in [0.25, 0.3) is 0 Å². The maximum atomic E-state index is 14.3. The van der Waals surface area contributed by atoms with Crippen LogP contribution in [-0.2, 0) is 6.54 Å². The van der Waals surface area contributed by atoms with Gasteiger partial charge in [-0.3, -0.25) is 0 Å². The van der Waals surface area contributed by atoms with E-state index < -0.39 is 5.82 Å². The number of halogens is 1. The van der Waals surface area contributed by atoms with E-state index in [2.05, 4.69) is 31.2 Å². The number of hydrogen-bond donors (Lipinski definition) is 0. The normalized spacial score (nSPS) is 11.8. The van der Waals surface area contributed by atoms with Crippen LogP contribution in [-0.4, -0.2) is 47.6 Å². The molecule has 0 aliphatic rings.